The van der Waals surface area contributed by atoms with E-state index < -0.39 is 0 Å². The molecule has 0 aliphatic heterocycles. The second kappa shape index (κ2) is 8.79. The highest BCUT2D eigenvalue weighted by molar-refractivity contribution is 8.00. The predicted octanol–water partition coefficient (Wildman–Crippen LogP) is 3.71. The predicted molar refractivity (Wildman–Crippen MR) is 110 cm³/mol. The number of rotatable bonds is 7. The minimum absolute atomic E-state index is 0.152. The quantitative estimate of drug-likeness (QED) is 0.611. The Bertz CT molecular complexity index is 937. The van der Waals surface area contributed by atoms with E-state index in [0.29, 0.717) is 22.3 Å². The number of ether oxygens (including phenoxy) is 2. The van der Waals surface area contributed by atoms with Crippen molar-refractivity contribution in [3.05, 3.63) is 54.4 Å². The van der Waals surface area contributed by atoms with E-state index in [1.165, 1.54) is 11.8 Å². The van der Waals surface area contributed by atoms with Crippen molar-refractivity contribution in [1.82, 2.24) is 14.8 Å². The second-order valence-corrected chi connectivity index (χ2v) is 7.36. The fraction of sp³-hybridized carbons (Fsp3) is 0.250. The topological polar surface area (TPSA) is 78.3 Å². The minimum Gasteiger partial charge on any atom is -0.497 e. The van der Waals surface area contributed by atoms with Crippen LogP contribution >= 0.6 is 11.8 Å². The number of amides is 1. The summed E-state index contributed by atoms with van der Waals surface area (Å²) >= 11 is 1.35. The smallest absolute Gasteiger partial charge is 0.237 e. The maximum absolute atomic E-state index is 12.7. The van der Waals surface area contributed by atoms with Crippen molar-refractivity contribution in [2.45, 2.75) is 24.3 Å². The fourth-order valence-electron chi connectivity index (χ4n) is 2.63. The van der Waals surface area contributed by atoms with E-state index in [4.69, 9.17) is 9.47 Å². The Morgan fingerprint density at radius 2 is 1.71 bits per heavy atom. The van der Waals surface area contributed by atoms with Crippen molar-refractivity contribution in [2.75, 3.05) is 19.5 Å². The zero-order chi connectivity index (χ0) is 20.1. The lowest BCUT2D eigenvalue weighted by molar-refractivity contribution is -0.115. The van der Waals surface area contributed by atoms with Gasteiger partial charge in [-0.05, 0) is 26.0 Å². The van der Waals surface area contributed by atoms with Gasteiger partial charge in [0, 0.05) is 29.6 Å². The molecular formula is C20H22N4O3S. The average Bonchev–Trinajstić information content (AvgIpc) is 3.08. The first-order valence-electron chi connectivity index (χ1n) is 8.70. The number of carbonyl (C=O) groups is 1. The molecule has 0 aliphatic rings. The van der Waals surface area contributed by atoms with Crippen LogP contribution in [0.1, 0.15) is 12.7 Å². The number of aromatic nitrogens is 3. The van der Waals surface area contributed by atoms with Gasteiger partial charge in [-0.3, -0.25) is 9.36 Å². The van der Waals surface area contributed by atoms with Crippen LogP contribution in [0, 0.1) is 6.92 Å². The molecule has 2 aromatic carbocycles. The molecule has 0 saturated carbocycles. The second-order valence-electron chi connectivity index (χ2n) is 6.05. The molecule has 1 unspecified atom stereocenters. The first kappa shape index (κ1) is 19.8. The highest BCUT2D eigenvalue weighted by atomic mass is 32.2. The number of hydrogen-bond donors (Lipinski definition) is 1. The molecule has 3 aromatic rings. The number of anilines is 1. The highest BCUT2D eigenvalue weighted by Crippen LogP contribution is 2.28. The van der Waals surface area contributed by atoms with E-state index in [1.807, 2.05) is 48.7 Å². The number of benzene rings is 2. The van der Waals surface area contributed by atoms with Crippen LogP contribution in [0.2, 0.25) is 0 Å². The summed E-state index contributed by atoms with van der Waals surface area (Å²) in [5.41, 5.74) is 1.56. The van der Waals surface area contributed by atoms with Gasteiger partial charge in [0.2, 0.25) is 5.91 Å². The number of hydrogen-bond acceptors (Lipinski definition) is 6. The lowest BCUT2D eigenvalue weighted by atomic mass is 10.2. The summed E-state index contributed by atoms with van der Waals surface area (Å²) in [6.07, 6.45) is 0. The maximum Gasteiger partial charge on any atom is 0.237 e. The zero-order valence-corrected chi connectivity index (χ0v) is 17.0. The third-order valence-electron chi connectivity index (χ3n) is 4.08. The summed E-state index contributed by atoms with van der Waals surface area (Å²) in [6.45, 7) is 3.72. The average molecular weight is 398 g/mol. The molecule has 1 amide bonds. The van der Waals surface area contributed by atoms with Crippen LogP contribution in [0.5, 0.6) is 11.5 Å². The Kier molecular flexibility index (Phi) is 6.20. The molecule has 7 nitrogen and oxygen atoms in total. The molecule has 0 saturated heterocycles. The molecule has 8 heteroatoms. The van der Waals surface area contributed by atoms with Gasteiger partial charge in [0.15, 0.2) is 5.16 Å². The summed E-state index contributed by atoms with van der Waals surface area (Å²) in [5, 5.41) is 11.6. The van der Waals surface area contributed by atoms with Gasteiger partial charge >= 0.3 is 0 Å². The van der Waals surface area contributed by atoms with Crippen molar-refractivity contribution < 1.29 is 14.3 Å². The van der Waals surface area contributed by atoms with Crippen molar-refractivity contribution in [3.63, 3.8) is 0 Å². The van der Waals surface area contributed by atoms with Gasteiger partial charge in [-0.25, -0.2) is 0 Å². The molecule has 0 spiro atoms. The lowest BCUT2D eigenvalue weighted by Gasteiger charge is -2.14. The van der Waals surface area contributed by atoms with E-state index in [0.717, 1.165) is 11.5 Å². The lowest BCUT2D eigenvalue weighted by Crippen LogP contribution is -2.23. The van der Waals surface area contributed by atoms with Crippen LogP contribution in [0.15, 0.2) is 53.7 Å². The molecule has 28 heavy (non-hydrogen) atoms. The van der Waals surface area contributed by atoms with Crippen LogP contribution in [0.3, 0.4) is 0 Å². The van der Waals surface area contributed by atoms with Crippen LogP contribution in [-0.2, 0) is 4.79 Å². The molecule has 3 rings (SSSR count). The van der Waals surface area contributed by atoms with Gasteiger partial charge in [-0.1, -0.05) is 30.0 Å². The molecule has 0 fully saturated rings. The number of methoxy groups -OCH3 is 2. The van der Waals surface area contributed by atoms with Gasteiger partial charge in [0.1, 0.15) is 17.3 Å². The van der Waals surface area contributed by atoms with E-state index in [9.17, 15) is 4.79 Å². The van der Waals surface area contributed by atoms with Crippen LogP contribution < -0.4 is 14.8 Å². The van der Waals surface area contributed by atoms with Crippen LogP contribution in [0.25, 0.3) is 5.69 Å². The Morgan fingerprint density at radius 1 is 1.07 bits per heavy atom. The largest absolute Gasteiger partial charge is 0.497 e. The standard InChI is InChI=1S/C20H22N4O3S/c1-13(19(25)21-15-10-17(26-3)12-18(11-15)27-4)28-20-23-22-14(2)24(20)16-8-6-5-7-9-16/h5-13H,1-4H3,(H,21,25). The SMILES string of the molecule is COc1cc(NC(=O)C(C)Sc2nnc(C)n2-c2ccccc2)cc(OC)c1. The Balaban J connectivity index is 1.76. The molecule has 1 aromatic heterocycles. The summed E-state index contributed by atoms with van der Waals surface area (Å²) in [7, 11) is 3.13. The summed E-state index contributed by atoms with van der Waals surface area (Å²) in [4.78, 5) is 12.7. The molecule has 146 valence electrons. The molecule has 0 bridgehead atoms. The number of carbonyl (C=O) groups excluding carboxylic acids is 1. The Hall–Kier alpha value is -3.00. The van der Waals surface area contributed by atoms with Crippen LogP contribution in [-0.4, -0.2) is 40.1 Å². The Morgan fingerprint density at radius 3 is 2.32 bits per heavy atom. The molecule has 1 atom stereocenters. The van der Waals surface area contributed by atoms with Crippen LogP contribution in [0.4, 0.5) is 5.69 Å². The van der Waals surface area contributed by atoms with Gasteiger partial charge in [-0.2, -0.15) is 0 Å². The van der Waals surface area contributed by atoms with Gasteiger partial charge in [0.05, 0.1) is 19.5 Å². The zero-order valence-electron chi connectivity index (χ0n) is 16.2. The van der Waals surface area contributed by atoms with E-state index >= 15 is 0 Å². The van der Waals surface area contributed by atoms with E-state index in [-0.39, 0.29) is 11.2 Å². The normalized spacial score (nSPS) is 11.7. The highest BCUT2D eigenvalue weighted by Gasteiger charge is 2.20. The van der Waals surface area contributed by atoms with Crippen molar-refractivity contribution >= 4 is 23.4 Å². The summed E-state index contributed by atoms with van der Waals surface area (Å²) < 4.78 is 12.4. The molecular weight excluding hydrogens is 376 g/mol. The first-order valence-corrected chi connectivity index (χ1v) is 9.58. The third-order valence-corrected chi connectivity index (χ3v) is 5.12. The summed E-state index contributed by atoms with van der Waals surface area (Å²) in [6, 6.07) is 15.1. The monoisotopic (exact) mass is 398 g/mol. The van der Waals surface area contributed by atoms with Crippen molar-refractivity contribution in [3.8, 4) is 17.2 Å². The maximum atomic E-state index is 12.7. The molecule has 1 heterocycles. The molecule has 1 N–H and O–H groups in total. The van der Waals surface area contributed by atoms with E-state index in [2.05, 4.69) is 15.5 Å². The number of aryl methyl sites for hydroxylation is 1. The van der Waals surface area contributed by atoms with Crippen molar-refractivity contribution in [2.24, 2.45) is 0 Å². The number of thioether (sulfide) groups is 1. The van der Waals surface area contributed by atoms with Crippen molar-refractivity contribution in [1.29, 1.82) is 0 Å². The number of nitrogens with zero attached hydrogens (tertiary/aromatic N) is 3. The minimum atomic E-state index is -0.386. The third kappa shape index (κ3) is 4.45. The first-order chi connectivity index (χ1) is 13.5. The molecule has 0 aliphatic carbocycles. The molecule has 0 radical (unpaired) electrons. The fourth-order valence-corrected chi connectivity index (χ4v) is 3.54. The van der Waals surface area contributed by atoms with Gasteiger partial charge < -0.3 is 14.8 Å². The number of para-hydroxylation sites is 1. The van der Waals surface area contributed by atoms with E-state index in [1.54, 1.807) is 32.4 Å². The number of nitrogens with one attached hydrogen (secondary N) is 1. The van der Waals surface area contributed by atoms with Gasteiger partial charge in [0.25, 0.3) is 0 Å². The van der Waals surface area contributed by atoms with Gasteiger partial charge in [-0.15, -0.1) is 10.2 Å². The Labute approximate surface area is 168 Å². The summed E-state index contributed by atoms with van der Waals surface area (Å²) in [5.74, 6) is 1.82.